The van der Waals surface area contributed by atoms with Crippen LogP contribution in [0.3, 0.4) is 0 Å². The lowest BCUT2D eigenvalue weighted by Crippen LogP contribution is -2.30. The molecular weight excluding hydrogens is 230 g/mol. The maximum Gasteiger partial charge on any atom is 0.255 e. The van der Waals surface area contributed by atoms with Crippen molar-refractivity contribution in [2.45, 2.75) is 51.8 Å². The van der Waals surface area contributed by atoms with Gasteiger partial charge in [0.1, 0.15) is 11.4 Å². The van der Waals surface area contributed by atoms with Crippen molar-refractivity contribution in [2.75, 3.05) is 6.61 Å². The fourth-order valence-electron chi connectivity index (χ4n) is 1.82. The summed E-state index contributed by atoms with van der Waals surface area (Å²) in [6.45, 7) is 6.89. The minimum Gasteiger partial charge on any atom is -0.368 e. The number of ether oxygens (including phenoxy) is 1. The molecule has 0 radical (unpaired) electrons. The third kappa shape index (κ3) is 3.17. The standard InChI is InChI=1S/C13H21N3O2/c1-4-18-13(2,3)12-15-8-9(11(17)16-12)7-14-10-5-6-10/h8,10,14H,4-7H2,1-3H3,(H,15,16,17). The molecule has 0 saturated heterocycles. The molecule has 2 rings (SSSR count). The van der Waals surface area contributed by atoms with Gasteiger partial charge in [0.15, 0.2) is 0 Å². The van der Waals surface area contributed by atoms with Crippen molar-refractivity contribution in [1.29, 1.82) is 0 Å². The Morgan fingerprint density at radius 2 is 2.28 bits per heavy atom. The predicted octanol–water partition coefficient (Wildman–Crippen LogP) is 1.29. The third-order valence-electron chi connectivity index (χ3n) is 3.11. The molecule has 0 bridgehead atoms. The lowest BCUT2D eigenvalue weighted by Gasteiger charge is -2.23. The maximum atomic E-state index is 11.9. The molecule has 1 aliphatic carbocycles. The van der Waals surface area contributed by atoms with Gasteiger partial charge in [-0.1, -0.05) is 0 Å². The lowest BCUT2D eigenvalue weighted by molar-refractivity contribution is -0.0210. The van der Waals surface area contributed by atoms with Crippen molar-refractivity contribution >= 4 is 0 Å². The summed E-state index contributed by atoms with van der Waals surface area (Å²) in [7, 11) is 0. The largest absolute Gasteiger partial charge is 0.368 e. The van der Waals surface area contributed by atoms with Gasteiger partial charge in [-0.2, -0.15) is 0 Å². The number of hydrogen-bond donors (Lipinski definition) is 2. The van der Waals surface area contributed by atoms with E-state index in [0.717, 1.165) is 0 Å². The smallest absolute Gasteiger partial charge is 0.255 e. The Bertz CT molecular complexity index is 464. The van der Waals surface area contributed by atoms with Crippen LogP contribution in [-0.2, 0) is 16.9 Å². The zero-order chi connectivity index (χ0) is 13.2. The highest BCUT2D eigenvalue weighted by atomic mass is 16.5. The lowest BCUT2D eigenvalue weighted by atomic mass is 10.1. The van der Waals surface area contributed by atoms with Crippen LogP contribution < -0.4 is 10.9 Å². The number of H-pyrrole nitrogens is 1. The van der Waals surface area contributed by atoms with Crippen molar-refractivity contribution in [1.82, 2.24) is 15.3 Å². The average Bonchev–Trinajstić information content (AvgIpc) is 3.11. The summed E-state index contributed by atoms with van der Waals surface area (Å²) in [4.78, 5) is 19.1. The van der Waals surface area contributed by atoms with Crippen LogP contribution in [-0.4, -0.2) is 22.6 Å². The van der Waals surface area contributed by atoms with Crippen molar-refractivity contribution in [3.05, 3.63) is 27.9 Å². The zero-order valence-electron chi connectivity index (χ0n) is 11.2. The highest BCUT2D eigenvalue weighted by Gasteiger charge is 2.24. The average molecular weight is 251 g/mol. The van der Waals surface area contributed by atoms with Crippen LogP contribution in [0.4, 0.5) is 0 Å². The van der Waals surface area contributed by atoms with Gasteiger partial charge in [-0.3, -0.25) is 4.79 Å². The minimum atomic E-state index is -0.559. The second kappa shape index (κ2) is 5.20. The molecule has 1 saturated carbocycles. The van der Waals surface area contributed by atoms with Gasteiger partial charge in [0, 0.05) is 31.0 Å². The summed E-state index contributed by atoms with van der Waals surface area (Å²) < 4.78 is 5.57. The molecule has 0 amide bonds. The summed E-state index contributed by atoms with van der Waals surface area (Å²) in [5.41, 5.74) is 0.0370. The van der Waals surface area contributed by atoms with Gasteiger partial charge >= 0.3 is 0 Å². The SMILES string of the molecule is CCOC(C)(C)c1ncc(CNC2CC2)c(=O)[nH]1. The Morgan fingerprint density at radius 3 is 2.83 bits per heavy atom. The number of rotatable bonds is 6. The molecule has 2 N–H and O–H groups in total. The van der Waals surface area contributed by atoms with Crippen LogP contribution in [0.5, 0.6) is 0 Å². The van der Waals surface area contributed by atoms with Gasteiger partial charge in [0.2, 0.25) is 0 Å². The molecule has 0 aromatic carbocycles. The van der Waals surface area contributed by atoms with Crippen molar-refractivity contribution in [3.63, 3.8) is 0 Å². The minimum absolute atomic E-state index is 0.0825. The van der Waals surface area contributed by atoms with Crippen LogP contribution >= 0.6 is 0 Å². The van der Waals surface area contributed by atoms with E-state index in [2.05, 4.69) is 15.3 Å². The maximum absolute atomic E-state index is 11.9. The van der Waals surface area contributed by atoms with E-state index in [1.807, 2.05) is 20.8 Å². The fraction of sp³-hybridized carbons (Fsp3) is 0.692. The van der Waals surface area contributed by atoms with Crippen molar-refractivity contribution in [3.8, 4) is 0 Å². The Hall–Kier alpha value is -1.20. The molecule has 5 nitrogen and oxygen atoms in total. The quantitative estimate of drug-likeness (QED) is 0.799. The van der Waals surface area contributed by atoms with E-state index in [1.165, 1.54) is 12.8 Å². The second-order valence-corrected chi connectivity index (χ2v) is 5.18. The number of nitrogens with one attached hydrogen (secondary N) is 2. The van der Waals surface area contributed by atoms with E-state index in [-0.39, 0.29) is 5.56 Å². The molecule has 0 spiro atoms. The highest BCUT2D eigenvalue weighted by Crippen LogP contribution is 2.20. The number of hydrogen-bond acceptors (Lipinski definition) is 4. The Balaban J connectivity index is 2.10. The first-order valence-electron chi connectivity index (χ1n) is 6.49. The summed E-state index contributed by atoms with van der Waals surface area (Å²) in [6, 6.07) is 0.587. The van der Waals surface area contributed by atoms with Crippen LogP contribution in [0.15, 0.2) is 11.0 Å². The van der Waals surface area contributed by atoms with Gasteiger partial charge in [0.25, 0.3) is 5.56 Å². The summed E-state index contributed by atoms with van der Waals surface area (Å²) in [5.74, 6) is 0.574. The number of aromatic nitrogens is 2. The Morgan fingerprint density at radius 1 is 1.56 bits per heavy atom. The normalized spacial score (nSPS) is 15.9. The molecule has 1 aromatic heterocycles. The van der Waals surface area contributed by atoms with E-state index in [4.69, 9.17) is 4.74 Å². The zero-order valence-corrected chi connectivity index (χ0v) is 11.2. The number of aromatic amines is 1. The molecule has 0 atom stereocenters. The van der Waals surface area contributed by atoms with Crippen LogP contribution in [0.1, 0.15) is 45.0 Å². The first-order valence-corrected chi connectivity index (χ1v) is 6.49. The van der Waals surface area contributed by atoms with E-state index in [0.29, 0.717) is 30.6 Å². The molecular formula is C13H21N3O2. The topological polar surface area (TPSA) is 67.0 Å². The molecule has 1 aliphatic rings. The highest BCUT2D eigenvalue weighted by molar-refractivity contribution is 5.09. The van der Waals surface area contributed by atoms with Gasteiger partial charge in [0.05, 0.1) is 0 Å². The molecule has 0 aliphatic heterocycles. The molecule has 1 aromatic rings. The molecule has 100 valence electrons. The van der Waals surface area contributed by atoms with Gasteiger partial charge in [-0.25, -0.2) is 4.98 Å². The van der Waals surface area contributed by atoms with Gasteiger partial charge in [-0.05, 0) is 33.6 Å². The van der Waals surface area contributed by atoms with Crippen LogP contribution in [0.2, 0.25) is 0 Å². The summed E-state index contributed by atoms with van der Waals surface area (Å²) in [5, 5.41) is 3.31. The Kier molecular flexibility index (Phi) is 3.82. The Labute approximate surface area is 107 Å². The van der Waals surface area contributed by atoms with E-state index in [1.54, 1.807) is 6.20 Å². The summed E-state index contributed by atoms with van der Waals surface area (Å²) >= 11 is 0. The molecule has 0 unspecified atom stereocenters. The van der Waals surface area contributed by atoms with Gasteiger partial charge < -0.3 is 15.0 Å². The van der Waals surface area contributed by atoms with E-state index >= 15 is 0 Å². The monoisotopic (exact) mass is 251 g/mol. The molecule has 1 fully saturated rings. The van der Waals surface area contributed by atoms with Crippen molar-refractivity contribution < 1.29 is 4.74 Å². The summed E-state index contributed by atoms with van der Waals surface area (Å²) in [6.07, 6.45) is 4.06. The van der Waals surface area contributed by atoms with Crippen LogP contribution in [0.25, 0.3) is 0 Å². The molecule has 18 heavy (non-hydrogen) atoms. The first kappa shape index (κ1) is 13.2. The molecule has 1 heterocycles. The van der Waals surface area contributed by atoms with Crippen LogP contribution in [0, 0.1) is 0 Å². The predicted molar refractivity (Wildman–Crippen MR) is 69.4 cm³/mol. The fourth-order valence-corrected chi connectivity index (χ4v) is 1.82. The van der Waals surface area contributed by atoms with E-state index < -0.39 is 5.60 Å². The second-order valence-electron chi connectivity index (χ2n) is 5.18. The first-order chi connectivity index (χ1) is 8.53. The number of nitrogens with zero attached hydrogens (tertiary/aromatic N) is 1. The van der Waals surface area contributed by atoms with Crippen molar-refractivity contribution in [2.24, 2.45) is 0 Å². The van der Waals surface area contributed by atoms with Gasteiger partial charge in [-0.15, -0.1) is 0 Å². The van der Waals surface area contributed by atoms with E-state index in [9.17, 15) is 4.79 Å². The third-order valence-corrected chi connectivity index (χ3v) is 3.11. The molecule has 5 heteroatoms.